The molecule has 0 spiro atoms. The summed E-state index contributed by atoms with van der Waals surface area (Å²) in [5.74, 6) is 0.0994. The third-order valence-electron chi connectivity index (χ3n) is 4.62. The maximum atomic E-state index is 12.5. The van der Waals surface area contributed by atoms with Gasteiger partial charge in [0.1, 0.15) is 6.07 Å². The quantitative estimate of drug-likeness (QED) is 0.914. The second-order valence-corrected chi connectivity index (χ2v) is 6.19. The van der Waals surface area contributed by atoms with Gasteiger partial charge in [-0.2, -0.15) is 5.26 Å². The van der Waals surface area contributed by atoms with Gasteiger partial charge in [0, 0.05) is 38.5 Å². The normalized spacial score (nSPS) is 22.4. The average Bonchev–Trinajstić information content (AvgIpc) is 2.62. The van der Waals surface area contributed by atoms with Crippen molar-refractivity contribution in [2.75, 3.05) is 31.2 Å². The van der Waals surface area contributed by atoms with Gasteiger partial charge in [0.2, 0.25) is 5.91 Å². The number of hydrogen-bond donors (Lipinski definition) is 1. The Morgan fingerprint density at radius 2 is 2.22 bits per heavy atom. The van der Waals surface area contributed by atoms with Gasteiger partial charge < -0.3 is 15.0 Å². The minimum Gasteiger partial charge on any atom is -0.381 e. The lowest BCUT2D eigenvalue weighted by Gasteiger charge is -2.35. The van der Waals surface area contributed by atoms with Crippen LogP contribution >= 0.6 is 0 Å². The molecule has 1 aromatic rings. The number of ether oxygens (including phenoxy) is 1. The van der Waals surface area contributed by atoms with Crippen LogP contribution in [-0.2, 0) is 9.53 Å². The summed E-state index contributed by atoms with van der Waals surface area (Å²) in [4.78, 5) is 18.8. The first-order valence-corrected chi connectivity index (χ1v) is 8.25. The van der Waals surface area contributed by atoms with Crippen LogP contribution < -0.4 is 10.2 Å². The van der Waals surface area contributed by atoms with E-state index in [1.165, 1.54) is 0 Å². The van der Waals surface area contributed by atoms with Crippen molar-refractivity contribution >= 4 is 11.6 Å². The fourth-order valence-electron chi connectivity index (χ4n) is 3.30. The maximum Gasteiger partial charge on any atom is 0.225 e. The molecule has 1 unspecified atom stereocenters. The van der Waals surface area contributed by atoms with Crippen LogP contribution in [0.3, 0.4) is 0 Å². The third kappa shape index (κ3) is 3.80. The highest BCUT2D eigenvalue weighted by atomic mass is 16.5. The number of rotatable bonds is 3. The molecule has 1 aromatic heterocycles. The summed E-state index contributed by atoms with van der Waals surface area (Å²) in [6, 6.07) is 4.17. The molecular formula is C17H22N4O2. The van der Waals surface area contributed by atoms with Crippen LogP contribution in [0.4, 0.5) is 5.69 Å². The van der Waals surface area contributed by atoms with Crippen LogP contribution in [0, 0.1) is 17.2 Å². The van der Waals surface area contributed by atoms with E-state index in [1.54, 1.807) is 18.5 Å². The molecule has 0 saturated carbocycles. The number of amides is 1. The van der Waals surface area contributed by atoms with Gasteiger partial charge in [-0.3, -0.25) is 9.78 Å². The van der Waals surface area contributed by atoms with Gasteiger partial charge in [-0.15, -0.1) is 0 Å². The Morgan fingerprint density at radius 1 is 1.39 bits per heavy atom. The molecule has 122 valence electrons. The summed E-state index contributed by atoms with van der Waals surface area (Å²) in [7, 11) is 0. The molecule has 1 atom stereocenters. The fraction of sp³-hybridized carbons (Fsp3) is 0.588. The zero-order chi connectivity index (χ0) is 16.1. The van der Waals surface area contributed by atoms with Crippen LogP contribution in [0.2, 0.25) is 0 Å². The number of hydrogen-bond acceptors (Lipinski definition) is 5. The number of carbonyl (C=O) groups is 1. The number of pyridine rings is 1. The molecule has 2 aliphatic heterocycles. The number of anilines is 1. The Bertz CT molecular complexity index is 593. The molecule has 3 rings (SSSR count). The number of aromatic nitrogens is 1. The highest BCUT2D eigenvalue weighted by molar-refractivity contribution is 5.80. The molecule has 1 amide bonds. The van der Waals surface area contributed by atoms with Crippen LogP contribution in [0.15, 0.2) is 18.5 Å². The molecular weight excluding hydrogens is 292 g/mol. The van der Waals surface area contributed by atoms with E-state index in [4.69, 9.17) is 4.74 Å². The first kappa shape index (κ1) is 15.8. The Balaban J connectivity index is 1.63. The van der Waals surface area contributed by atoms with Gasteiger partial charge >= 0.3 is 0 Å². The smallest absolute Gasteiger partial charge is 0.225 e. The lowest BCUT2D eigenvalue weighted by atomic mass is 9.95. The van der Waals surface area contributed by atoms with E-state index in [-0.39, 0.29) is 17.9 Å². The lowest BCUT2D eigenvalue weighted by molar-refractivity contribution is -0.126. The second kappa shape index (κ2) is 7.42. The predicted octanol–water partition coefficient (Wildman–Crippen LogP) is 1.46. The molecule has 3 heterocycles. The van der Waals surface area contributed by atoms with Gasteiger partial charge in [-0.25, -0.2) is 0 Å². The van der Waals surface area contributed by atoms with Crippen molar-refractivity contribution < 1.29 is 9.53 Å². The topological polar surface area (TPSA) is 78.2 Å². The van der Waals surface area contributed by atoms with E-state index in [0.717, 1.165) is 51.1 Å². The van der Waals surface area contributed by atoms with Crippen molar-refractivity contribution in [2.45, 2.75) is 31.7 Å². The van der Waals surface area contributed by atoms with E-state index in [9.17, 15) is 10.1 Å². The summed E-state index contributed by atoms with van der Waals surface area (Å²) < 4.78 is 5.33. The molecule has 0 aromatic carbocycles. The Labute approximate surface area is 136 Å². The SMILES string of the molecule is N#Cc1ccncc1N1CCCC(C(=O)NC2CCOCC2)C1. The van der Waals surface area contributed by atoms with E-state index in [0.29, 0.717) is 12.1 Å². The lowest BCUT2D eigenvalue weighted by Crippen LogP contribution is -2.47. The molecule has 2 fully saturated rings. The summed E-state index contributed by atoms with van der Waals surface area (Å²) in [5.41, 5.74) is 1.45. The number of nitrogens with one attached hydrogen (secondary N) is 1. The minimum atomic E-state index is -0.0293. The monoisotopic (exact) mass is 314 g/mol. The van der Waals surface area contributed by atoms with Gasteiger partial charge in [0.25, 0.3) is 0 Å². The molecule has 0 radical (unpaired) electrons. The van der Waals surface area contributed by atoms with Crippen molar-refractivity contribution in [1.29, 1.82) is 5.26 Å². The summed E-state index contributed by atoms with van der Waals surface area (Å²) in [5, 5.41) is 12.4. The van der Waals surface area contributed by atoms with E-state index in [1.807, 2.05) is 0 Å². The number of nitriles is 1. The third-order valence-corrected chi connectivity index (χ3v) is 4.62. The average molecular weight is 314 g/mol. The Morgan fingerprint density at radius 3 is 3.00 bits per heavy atom. The van der Waals surface area contributed by atoms with Crippen molar-refractivity contribution in [3.8, 4) is 6.07 Å². The van der Waals surface area contributed by atoms with E-state index < -0.39 is 0 Å². The fourth-order valence-corrected chi connectivity index (χ4v) is 3.30. The number of nitrogens with zero attached hydrogens (tertiary/aromatic N) is 3. The van der Waals surface area contributed by atoms with Gasteiger partial charge in [0.05, 0.1) is 23.4 Å². The summed E-state index contributed by atoms with van der Waals surface area (Å²) >= 11 is 0. The van der Waals surface area contributed by atoms with Crippen LogP contribution in [0.1, 0.15) is 31.2 Å². The molecule has 2 aliphatic rings. The highest BCUT2D eigenvalue weighted by Gasteiger charge is 2.28. The maximum absolute atomic E-state index is 12.5. The molecule has 0 aliphatic carbocycles. The van der Waals surface area contributed by atoms with Crippen molar-refractivity contribution in [2.24, 2.45) is 5.92 Å². The molecule has 2 saturated heterocycles. The molecule has 6 nitrogen and oxygen atoms in total. The second-order valence-electron chi connectivity index (χ2n) is 6.19. The van der Waals surface area contributed by atoms with E-state index in [2.05, 4.69) is 21.3 Å². The van der Waals surface area contributed by atoms with Gasteiger partial charge in [-0.05, 0) is 31.7 Å². The summed E-state index contributed by atoms with van der Waals surface area (Å²) in [6.45, 7) is 2.96. The number of carbonyl (C=O) groups excluding carboxylic acids is 1. The predicted molar refractivity (Wildman–Crippen MR) is 85.9 cm³/mol. The molecule has 6 heteroatoms. The summed E-state index contributed by atoms with van der Waals surface area (Å²) in [6.07, 6.45) is 6.98. The minimum absolute atomic E-state index is 0.0293. The van der Waals surface area contributed by atoms with Crippen molar-refractivity contribution in [3.05, 3.63) is 24.0 Å². The zero-order valence-corrected chi connectivity index (χ0v) is 13.2. The zero-order valence-electron chi connectivity index (χ0n) is 13.2. The molecule has 0 bridgehead atoms. The largest absolute Gasteiger partial charge is 0.381 e. The van der Waals surface area contributed by atoms with Gasteiger partial charge in [-0.1, -0.05) is 0 Å². The Kier molecular flexibility index (Phi) is 5.09. The standard InChI is InChI=1S/C17H22N4O2/c18-10-13-3-6-19-11-16(13)21-7-1-2-14(12-21)17(22)20-15-4-8-23-9-5-15/h3,6,11,14-15H,1-2,4-5,7-9,12H2,(H,20,22). The highest BCUT2D eigenvalue weighted by Crippen LogP contribution is 2.25. The van der Waals surface area contributed by atoms with Crippen molar-refractivity contribution in [1.82, 2.24) is 10.3 Å². The first-order valence-electron chi connectivity index (χ1n) is 8.25. The van der Waals surface area contributed by atoms with Crippen LogP contribution in [0.25, 0.3) is 0 Å². The molecule has 23 heavy (non-hydrogen) atoms. The number of piperidine rings is 1. The molecule has 1 N–H and O–H groups in total. The van der Waals surface area contributed by atoms with Crippen molar-refractivity contribution in [3.63, 3.8) is 0 Å². The first-order chi connectivity index (χ1) is 11.3. The van der Waals surface area contributed by atoms with Crippen LogP contribution in [0.5, 0.6) is 0 Å². The van der Waals surface area contributed by atoms with Crippen LogP contribution in [-0.4, -0.2) is 43.2 Å². The van der Waals surface area contributed by atoms with E-state index >= 15 is 0 Å². The Hall–Kier alpha value is -2.13. The van der Waals surface area contributed by atoms with Gasteiger partial charge in [0.15, 0.2) is 0 Å².